The smallest absolute Gasteiger partial charge is 0.335 e. The number of rotatable bonds is 8. The highest BCUT2D eigenvalue weighted by molar-refractivity contribution is 5.90. The fraction of sp³-hybridized carbons (Fsp3) is 0.167. The van der Waals surface area contributed by atoms with Gasteiger partial charge in [-0.1, -0.05) is 30.3 Å². The minimum Gasteiger partial charge on any atom is -0.497 e. The molecule has 1 N–H and O–H groups in total. The molecule has 0 bridgehead atoms. The Bertz CT molecular complexity index is 1010. The van der Waals surface area contributed by atoms with Gasteiger partial charge in [-0.2, -0.15) is 0 Å². The molecular formula is C24H22O6. The summed E-state index contributed by atoms with van der Waals surface area (Å²) in [5, 5.41) is 9.61. The normalized spacial score (nSPS) is 11.4. The summed E-state index contributed by atoms with van der Waals surface area (Å²) in [5.74, 6) is -0.297. The van der Waals surface area contributed by atoms with Gasteiger partial charge >= 0.3 is 11.9 Å². The van der Waals surface area contributed by atoms with Crippen LogP contribution in [0, 0.1) is 0 Å². The van der Waals surface area contributed by atoms with Crippen LogP contribution in [0.4, 0.5) is 0 Å². The van der Waals surface area contributed by atoms with Gasteiger partial charge in [0.2, 0.25) is 0 Å². The molecule has 0 radical (unpaired) electrons. The molecule has 0 aliphatic carbocycles. The lowest BCUT2D eigenvalue weighted by atomic mass is 9.85. The number of carboxylic acid groups (broad SMARTS) is 1. The van der Waals surface area contributed by atoms with Gasteiger partial charge in [0.1, 0.15) is 17.2 Å². The lowest BCUT2D eigenvalue weighted by Crippen LogP contribution is -2.16. The van der Waals surface area contributed by atoms with Crippen molar-refractivity contribution in [3.05, 3.63) is 89.5 Å². The highest BCUT2D eigenvalue weighted by Crippen LogP contribution is 2.32. The number of aromatic carboxylic acids is 1. The summed E-state index contributed by atoms with van der Waals surface area (Å²) >= 11 is 0. The topological polar surface area (TPSA) is 82.1 Å². The van der Waals surface area contributed by atoms with Crippen LogP contribution in [0.15, 0.2) is 72.8 Å². The molecule has 6 heteroatoms. The van der Waals surface area contributed by atoms with Gasteiger partial charge in [-0.15, -0.1) is 0 Å². The number of hydrogen-bond acceptors (Lipinski definition) is 5. The Hall–Kier alpha value is -3.80. The molecule has 0 saturated heterocycles. The standard InChI is InChI=1S/C24H22O6/c1-28-17-9-7-16(8-10-17)22(20-5-3-4-6-21(20)24(26)27)15-23(25)30-19-13-11-18(29-2)12-14-19/h3-14,22H,15H2,1-2H3,(H,26,27). The first kappa shape index (κ1) is 20.9. The fourth-order valence-electron chi connectivity index (χ4n) is 3.22. The first-order chi connectivity index (χ1) is 14.5. The van der Waals surface area contributed by atoms with E-state index in [-0.39, 0.29) is 12.0 Å². The summed E-state index contributed by atoms with van der Waals surface area (Å²) < 4.78 is 15.8. The fourth-order valence-corrected chi connectivity index (χ4v) is 3.22. The number of carboxylic acids is 1. The third-order valence-electron chi connectivity index (χ3n) is 4.75. The molecule has 1 atom stereocenters. The van der Waals surface area contributed by atoms with Crippen LogP contribution in [-0.4, -0.2) is 31.3 Å². The van der Waals surface area contributed by atoms with Crippen molar-refractivity contribution in [3.63, 3.8) is 0 Å². The molecule has 3 rings (SSSR count). The van der Waals surface area contributed by atoms with Gasteiger partial charge in [-0.3, -0.25) is 4.79 Å². The van der Waals surface area contributed by atoms with E-state index in [1.54, 1.807) is 68.8 Å². The Morgan fingerprint density at radius 1 is 0.800 bits per heavy atom. The van der Waals surface area contributed by atoms with Crippen molar-refractivity contribution in [2.24, 2.45) is 0 Å². The number of hydrogen-bond donors (Lipinski definition) is 1. The van der Waals surface area contributed by atoms with Crippen molar-refractivity contribution >= 4 is 11.9 Å². The average molecular weight is 406 g/mol. The number of esters is 1. The third kappa shape index (κ3) is 4.97. The Kier molecular flexibility index (Phi) is 6.70. The van der Waals surface area contributed by atoms with Gasteiger partial charge < -0.3 is 19.3 Å². The van der Waals surface area contributed by atoms with E-state index in [1.165, 1.54) is 6.07 Å². The Labute approximate surface area is 174 Å². The lowest BCUT2D eigenvalue weighted by molar-refractivity contribution is -0.134. The molecule has 0 fully saturated rings. The van der Waals surface area contributed by atoms with Crippen LogP contribution < -0.4 is 14.2 Å². The number of carbonyl (C=O) groups excluding carboxylic acids is 1. The predicted molar refractivity (Wildman–Crippen MR) is 111 cm³/mol. The molecule has 30 heavy (non-hydrogen) atoms. The maximum absolute atomic E-state index is 12.7. The van der Waals surface area contributed by atoms with E-state index < -0.39 is 17.9 Å². The van der Waals surface area contributed by atoms with Crippen molar-refractivity contribution in [1.82, 2.24) is 0 Å². The summed E-state index contributed by atoms with van der Waals surface area (Å²) in [6, 6.07) is 20.6. The molecule has 1 unspecified atom stereocenters. The maximum Gasteiger partial charge on any atom is 0.335 e. The maximum atomic E-state index is 12.7. The van der Waals surface area contributed by atoms with Crippen molar-refractivity contribution in [1.29, 1.82) is 0 Å². The van der Waals surface area contributed by atoms with Crippen molar-refractivity contribution < 1.29 is 28.9 Å². The average Bonchev–Trinajstić information content (AvgIpc) is 2.78. The van der Waals surface area contributed by atoms with Crippen molar-refractivity contribution in [3.8, 4) is 17.2 Å². The predicted octanol–water partition coefficient (Wildman–Crippen LogP) is 4.53. The minimum atomic E-state index is -1.05. The second-order valence-corrected chi connectivity index (χ2v) is 6.57. The molecule has 154 valence electrons. The molecule has 0 aliphatic rings. The Morgan fingerprint density at radius 3 is 1.90 bits per heavy atom. The molecule has 3 aromatic rings. The lowest BCUT2D eigenvalue weighted by Gasteiger charge is -2.19. The van der Waals surface area contributed by atoms with Gasteiger partial charge in [0, 0.05) is 5.92 Å². The molecule has 6 nitrogen and oxygen atoms in total. The zero-order chi connectivity index (χ0) is 21.5. The van der Waals surface area contributed by atoms with Crippen LogP contribution in [0.2, 0.25) is 0 Å². The zero-order valence-corrected chi connectivity index (χ0v) is 16.7. The highest BCUT2D eigenvalue weighted by atomic mass is 16.5. The molecule has 0 spiro atoms. The summed E-state index contributed by atoms with van der Waals surface area (Å²) in [4.78, 5) is 24.4. The summed E-state index contributed by atoms with van der Waals surface area (Å²) in [7, 11) is 3.12. The van der Waals surface area contributed by atoms with Gasteiger partial charge in [0.25, 0.3) is 0 Å². The molecule has 0 aliphatic heterocycles. The van der Waals surface area contributed by atoms with Gasteiger partial charge in [-0.05, 0) is 53.6 Å². The van der Waals surface area contributed by atoms with Crippen LogP contribution >= 0.6 is 0 Å². The molecule has 0 amide bonds. The summed E-state index contributed by atoms with van der Waals surface area (Å²) in [6.07, 6.45) is -0.0251. The van der Waals surface area contributed by atoms with E-state index in [0.29, 0.717) is 22.8 Å². The molecule has 0 aromatic heterocycles. The SMILES string of the molecule is COc1ccc(OC(=O)CC(c2ccc(OC)cc2)c2ccccc2C(=O)O)cc1. The number of benzene rings is 3. The molecule has 0 heterocycles. The van der Waals surface area contributed by atoms with E-state index in [1.807, 2.05) is 12.1 Å². The van der Waals surface area contributed by atoms with Crippen molar-refractivity contribution in [2.75, 3.05) is 14.2 Å². The van der Waals surface area contributed by atoms with Crippen LogP contribution in [-0.2, 0) is 4.79 Å². The molecule has 3 aromatic carbocycles. The first-order valence-corrected chi connectivity index (χ1v) is 9.32. The van der Waals surface area contributed by atoms with E-state index >= 15 is 0 Å². The molecular weight excluding hydrogens is 384 g/mol. The highest BCUT2D eigenvalue weighted by Gasteiger charge is 2.24. The Morgan fingerprint density at radius 2 is 1.33 bits per heavy atom. The summed E-state index contributed by atoms with van der Waals surface area (Å²) in [5.41, 5.74) is 1.48. The number of methoxy groups -OCH3 is 2. The second-order valence-electron chi connectivity index (χ2n) is 6.57. The Balaban J connectivity index is 1.90. The van der Waals surface area contributed by atoms with E-state index in [0.717, 1.165) is 5.56 Å². The van der Waals surface area contributed by atoms with E-state index in [9.17, 15) is 14.7 Å². The summed E-state index contributed by atoms with van der Waals surface area (Å²) in [6.45, 7) is 0. The first-order valence-electron chi connectivity index (χ1n) is 9.32. The van der Waals surface area contributed by atoms with Crippen LogP contribution in [0.25, 0.3) is 0 Å². The zero-order valence-electron chi connectivity index (χ0n) is 16.7. The van der Waals surface area contributed by atoms with Crippen LogP contribution in [0.1, 0.15) is 33.8 Å². The minimum absolute atomic E-state index is 0.0251. The third-order valence-corrected chi connectivity index (χ3v) is 4.75. The van der Waals surface area contributed by atoms with Gasteiger partial charge in [-0.25, -0.2) is 4.79 Å². The van der Waals surface area contributed by atoms with E-state index in [4.69, 9.17) is 14.2 Å². The van der Waals surface area contributed by atoms with Crippen LogP contribution in [0.5, 0.6) is 17.2 Å². The largest absolute Gasteiger partial charge is 0.497 e. The van der Waals surface area contributed by atoms with Crippen molar-refractivity contribution in [2.45, 2.75) is 12.3 Å². The van der Waals surface area contributed by atoms with Gasteiger partial charge in [0.15, 0.2) is 0 Å². The number of carbonyl (C=O) groups is 2. The van der Waals surface area contributed by atoms with E-state index in [2.05, 4.69) is 0 Å². The van der Waals surface area contributed by atoms with Crippen LogP contribution in [0.3, 0.4) is 0 Å². The molecule has 0 saturated carbocycles. The second kappa shape index (κ2) is 9.60. The quantitative estimate of drug-likeness (QED) is 0.437. The van der Waals surface area contributed by atoms with Gasteiger partial charge in [0.05, 0.1) is 26.2 Å². The monoisotopic (exact) mass is 406 g/mol. The number of ether oxygens (including phenoxy) is 3.